The molecule has 0 saturated carbocycles. The molecule has 0 radical (unpaired) electrons. The minimum absolute atomic E-state index is 0.418. The van der Waals surface area contributed by atoms with Crippen LogP contribution in [0.3, 0.4) is 0 Å². The van der Waals surface area contributed by atoms with Gasteiger partial charge in [-0.25, -0.2) is 4.68 Å². The Morgan fingerprint density at radius 1 is 0.880 bits per heavy atom. The maximum absolute atomic E-state index is 12.8. The van der Waals surface area contributed by atoms with E-state index in [1.807, 2.05) is 61.5 Å². The van der Waals surface area contributed by atoms with Crippen LogP contribution in [0.2, 0.25) is 0 Å². The molecule has 0 spiro atoms. The molecule has 5 nitrogen and oxygen atoms in total. The minimum atomic E-state index is -0.479. The number of carbonyl (C=O) groups excluding carboxylic acids is 2. The van der Waals surface area contributed by atoms with Crippen molar-refractivity contribution in [2.24, 2.45) is 0 Å². The SMILES string of the molecule is CN(C)Cc1nn(-c2ccccc2)c2c1C(=O)C(=O)c1ccccc1-2. The Morgan fingerprint density at radius 3 is 2.20 bits per heavy atom. The monoisotopic (exact) mass is 331 g/mol. The fourth-order valence-electron chi connectivity index (χ4n) is 3.24. The van der Waals surface area contributed by atoms with Gasteiger partial charge in [-0.05, 0) is 26.2 Å². The van der Waals surface area contributed by atoms with Gasteiger partial charge in [0.05, 0.1) is 22.6 Å². The van der Waals surface area contributed by atoms with E-state index in [0.717, 1.165) is 11.3 Å². The van der Waals surface area contributed by atoms with Crippen molar-refractivity contribution in [2.75, 3.05) is 14.1 Å². The second-order valence-electron chi connectivity index (χ2n) is 6.36. The molecule has 5 heteroatoms. The van der Waals surface area contributed by atoms with Crippen molar-refractivity contribution in [3.05, 3.63) is 71.4 Å². The minimum Gasteiger partial charge on any atom is -0.303 e. The standard InChI is InChI=1S/C20H17N3O2/c1-22(2)12-16-17-18(23(21-16)13-8-4-3-5-9-13)14-10-6-7-11-15(14)19(24)20(17)25/h3-11H,12H2,1-2H3. The molecule has 2 aromatic carbocycles. The van der Waals surface area contributed by atoms with Crippen LogP contribution in [-0.2, 0) is 6.54 Å². The summed E-state index contributed by atoms with van der Waals surface area (Å²) < 4.78 is 1.78. The summed E-state index contributed by atoms with van der Waals surface area (Å²) in [6, 6.07) is 16.9. The zero-order valence-corrected chi connectivity index (χ0v) is 14.1. The van der Waals surface area contributed by atoms with Gasteiger partial charge in [0.2, 0.25) is 11.6 Å². The third-order valence-electron chi connectivity index (χ3n) is 4.28. The maximum Gasteiger partial charge on any atom is 0.237 e. The summed E-state index contributed by atoms with van der Waals surface area (Å²) in [5.41, 5.74) is 3.79. The van der Waals surface area contributed by atoms with E-state index in [0.29, 0.717) is 29.1 Å². The first-order valence-electron chi connectivity index (χ1n) is 8.08. The summed E-state index contributed by atoms with van der Waals surface area (Å²) in [4.78, 5) is 27.3. The van der Waals surface area contributed by atoms with Crippen LogP contribution < -0.4 is 0 Å². The van der Waals surface area contributed by atoms with E-state index in [1.165, 1.54) is 0 Å². The lowest BCUT2D eigenvalue weighted by Gasteiger charge is -2.17. The molecule has 0 N–H and O–H groups in total. The number of rotatable bonds is 3. The summed E-state index contributed by atoms with van der Waals surface area (Å²) in [7, 11) is 3.83. The van der Waals surface area contributed by atoms with Crippen LogP contribution in [0.25, 0.3) is 16.9 Å². The lowest BCUT2D eigenvalue weighted by atomic mass is 9.87. The third kappa shape index (κ3) is 2.40. The molecular weight excluding hydrogens is 314 g/mol. The summed E-state index contributed by atoms with van der Waals surface area (Å²) in [6.45, 7) is 0.489. The molecule has 25 heavy (non-hydrogen) atoms. The highest BCUT2D eigenvalue weighted by atomic mass is 16.2. The molecule has 1 aromatic heterocycles. The van der Waals surface area contributed by atoms with E-state index in [1.54, 1.807) is 16.8 Å². The lowest BCUT2D eigenvalue weighted by Crippen LogP contribution is -2.23. The number of ketones is 2. The molecule has 1 aliphatic carbocycles. The van der Waals surface area contributed by atoms with Gasteiger partial charge in [-0.15, -0.1) is 0 Å². The van der Waals surface area contributed by atoms with Gasteiger partial charge >= 0.3 is 0 Å². The molecule has 0 saturated heterocycles. The van der Waals surface area contributed by atoms with E-state index >= 15 is 0 Å². The van der Waals surface area contributed by atoms with Crippen LogP contribution in [0, 0.1) is 0 Å². The van der Waals surface area contributed by atoms with Gasteiger partial charge in [-0.2, -0.15) is 5.10 Å². The second kappa shape index (κ2) is 5.79. The number of hydrogen-bond donors (Lipinski definition) is 0. The quantitative estimate of drug-likeness (QED) is 0.692. The van der Waals surface area contributed by atoms with Crippen molar-refractivity contribution in [2.45, 2.75) is 6.54 Å². The number of nitrogens with zero attached hydrogens (tertiary/aromatic N) is 3. The number of hydrogen-bond acceptors (Lipinski definition) is 4. The van der Waals surface area contributed by atoms with Crippen molar-refractivity contribution >= 4 is 11.6 Å². The zero-order chi connectivity index (χ0) is 17.6. The predicted molar refractivity (Wildman–Crippen MR) is 95.1 cm³/mol. The summed E-state index contributed by atoms with van der Waals surface area (Å²) in [5, 5.41) is 4.69. The largest absolute Gasteiger partial charge is 0.303 e. The Bertz CT molecular complexity index is 987. The van der Waals surface area contributed by atoms with Gasteiger partial charge in [0.15, 0.2) is 0 Å². The average molecular weight is 331 g/mol. The predicted octanol–water partition coefficient (Wildman–Crippen LogP) is 2.98. The highest BCUT2D eigenvalue weighted by molar-refractivity contribution is 6.53. The van der Waals surface area contributed by atoms with Gasteiger partial charge in [-0.3, -0.25) is 9.59 Å². The van der Waals surface area contributed by atoms with Gasteiger partial charge < -0.3 is 4.90 Å². The van der Waals surface area contributed by atoms with Gasteiger partial charge in [0, 0.05) is 17.7 Å². The van der Waals surface area contributed by atoms with Crippen LogP contribution in [0.1, 0.15) is 26.4 Å². The van der Waals surface area contributed by atoms with Crippen LogP contribution in [0.15, 0.2) is 54.6 Å². The van der Waals surface area contributed by atoms with E-state index < -0.39 is 11.6 Å². The third-order valence-corrected chi connectivity index (χ3v) is 4.28. The average Bonchev–Trinajstić information content (AvgIpc) is 2.99. The Hall–Kier alpha value is -3.05. The van der Waals surface area contributed by atoms with Gasteiger partial charge in [0.25, 0.3) is 0 Å². The van der Waals surface area contributed by atoms with E-state index in [2.05, 4.69) is 5.10 Å². The van der Waals surface area contributed by atoms with E-state index in [9.17, 15) is 9.59 Å². The molecule has 0 fully saturated rings. The molecule has 0 amide bonds. The van der Waals surface area contributed by atoms with Crippen LogP contribution in [0.4, 0.5) is 0 Å². The topological polar surface area (TPSA) is 55.2 Å². The van der Waals surface area contributed by atoms with Crippen molar-refractivity contribution in [1.29, 1.82) is 0 Å². The highest BCUT2D eigenvalue weighted by Gasteiger charge is 2.36. The van der Waals surface area contributed by atoms with E-state index in [4.69, 9.17) is 0 Å². The van der Waals surface area contributed by atoms with Crippen LogP contribution >= 0.6 is 0 Å². The number of aromatic nitrogens is 2. The summed E-state index contributed by atoms with van der Waals surface area (Å²) >= 11 is 0. The Balaban J connectivity index is 2.06. The van der Waals surface area contributed by atoms with Crippen molar-refractivity contribution < 1.29 is 9.59 Å². The molecule has 0 atom stereocenters. The second-order valence-corrected chi connectivity index (χ2v) is 6.36. The first kappa shape index (κ1) is 15.5. The maximum atomic E-state index is 12.8. The van der Waals surface area contributed by atoms with Crippen LogP contribution in [0.5, 0.6) is 0 Å². The molecule has 0 bridgehead atoms. The molecule has 124 valence electrons. The van der Waals surface area contributed by atoms with Gasteiger partial charge in [0.1, 0.15) is 0 Å². The van der Waals surface area contributed by atoms with Crippen molar-refractivity contribution in [3.63, 3.8) is 0 Å². The number of para-hydroxylation sites is 1. The summed E-state index contributed by atoms with van der Waals surface area (Å²) in [6.07, 6.45) is 0. The number of fused-ring (bicyclic) bond motifs is 3. The molecule has 1 heterocycles. The molecule has 0 aliphatic heterocycles. The first-order chi connectivity index (χ1) is 12.1. The fraction of sp³-hybridized carbons (Fsp3) is 0.150. The smallest absolute Gasteiger partial charge is 0.237 e. The molecule has 0 unspecified atom stereocenters. The molecule has 3 aromatic rings. The normalized spacial score (nSPS) is 13.1. The summed E-state index contributed by atoms with van der Waals surface area (Å²) in [5.74, 6) is -0.941. The Morgan fingerprint density at radius 2 is 1.52 bits per heavy atom. The molecule has 4 rings (SSSR count). The number of carbonyl (C=O) groups is 2. The Labute approximate surface area is 145 Å². The number of benzene rings is 2. The number of Topliss-reactive ketones (excluding diaryl/α,β-unsaturated/α-hetero) is 2. The lowest BCUT2D eigenvalue weighted by molar-refractivity contribution is 0.0814. The first-order valence-corrected chi connectivity index (χ1v) is 8.08. The Kier molecular flexibility index (Phi) is 3.58. The van der Waals surface area contributed by atoms with E-state index in [-0.39, 0.29) is 0 Å². The highest BCUT2D eigenvalue weighted by Crippen LogP contribution is 2.37. The van der Waals surface area contributed by atoms with Gasteiger partial charge in [-0.1, -0.05) is 42.5 Å². The van der Waals surface area contributed by atoms with Crippen LogP contribution in [-0.4, -0.2) is 40.3 Å². The van der Waals surface area contributed by atoms with Crippen molar-refractivity contribution in [1.82, 2.24) is 14.7 Å². The fourth-order valence-corrected chi connectivity index (χ4v) is 3.24. The van der Waals surface area contributed by atoms with Crippen molar-refractivity contribution in [3.8, 4) is 16.9 Å². The molecular formula is C20H17N3O2. The molecule has 1 aliphatic rings. The zero-order valence-electron chi connectivity index (χ0n) is 14.1.